The third kappa shape index (κ3) is 6.16. The van der Waals surface area contributed by atoms with Crippen molar-refractivity contribution in [3.8, 4) is 10.6 Å². The Morgan fingerprint density at radius 3 is 2.56 bits per heavy atom. The summed E-state index contributed by atoms with van der Waals surface area (Å²) in [7, 11) is 1.72. The number of rotatable bonds is 6. The minimum Gasteiger partial charge on any atom is -0.384 e. The molecule has 2 N–H and O–H groups in total. The van der Waals surface area contributed by atoms with E-state index in [2.05, 4.69) is 34.7 Å². The Balaban J connectivity index is 0.00000182. The lowest BCUT2D eigenvalue weighted by atomic mass is 9.79. The molecule has 0 saturated carbocycles. The van der Waals surface area contributed by atoms with E-state index in [0.717, 1.165) is 36.5 Å². The van der Waals surface area contributed by atoms with E-state index in [1.54, 1.807) is 7.11 Å². The van der Waals surface area contributed by atoms with Crippen LogP contribution in [0.5, 0.6) is 0 Å². The second kappa shape index (κ2) is 11.0. The van der Waals surface area contributed by atoms with Crippen LogP contribution in [0, 0.1) is 12.3 Å². The molecule has 1 saturated heterocycles. The van der Waals surface area contributed by atoms with Gasteiger partial charge in [0, 0.05) is 30.0 Å². The molecule has 5 nitrogen and oxygen atoms in total. The fourth-order valence-corrected chi connectivity index (χ4v) is 4.01. The lowest BCUT2D eigenvalue weighted by Crippen LogP contribution is -2.47. The Morgan fingerprint density at radius 2 is 1.93 bits per heavy atom. The largest absolute Gasteiger partial charge is 0.384 e. The van der Waals surface area contributed by atoms with Gasteiger partial charge in [-0.25, -0.2) is 4.98 Å². The molecule has 0 bridgehead atoms. The number of hydrogen-bond donors (Lipinski definition) is 2. The van der Waals surface area contributed by atoms with Crippen molar-refractivity contribution >= 4 is 42.1 Å². The van der Waals surface area contributed by atoms with Crippen LogP contribution in [0.1, 0.15) is 28.9 Å². The van der Waals surface area contributed by atoms with Gasteiger partial charge < -0.3 is 15.4 Å². The average Bonchev–Trinajstić information content (AvgIpc) is 3.12. The number of carbonyl (C=O) groups excluding carboxylic acids is 1. The van der Waals surface area contributed by atoms with Crippen LogP contribution in [0.25, 0.3) is 10.6 Å². The highest BCUT2D eigenvalue weighted by atomic mass is 35.5. The number of benzene rings is 1. The van der Waals surface area contributed by atoms with Crippen molar-refractivity contribution in [2.24, 2.45) is 5.41 Å². The molecule has 0 radical (unpaired) electrons. The van der Waals surface area contributed by atoms with Crippen molar-refractivity contribution in [2.45, 2.75) is 19.8 Å². The van der Waals surface area contributed by atoms with Gasteiger partial charge >= 0.3 is 0 Å². The fraction of sp³-hybridized carbons (Fsp3) is 0.474. The summed E-state index contributed by atoms with van der Waals surface area (Å²) in [6, 6.07) is 8.20. The highest BCUT2D eigenvalue weighted by Gasteiger charge is 2.32. The summed E-state index contributed by atoms with van der Waals surface area (Å²) in [5.74, 6) is -0.108. The van der Waals surface area contributed by atoms with Gasteiger partial charge in [-0.3, -0.25) is 4.79 Å². The maximum atomic E-state index is 12.5. The number of hydrogen-bond acceptors (Lipinski definition) is 5. The predicted molar refractivity (Wildman–Crippen MR) is 116 cm³/mol. The molecule has 2 aromatic rings. The number of ether oxygens (including phenoxy) is 1. The molecule has 0 aliphatic carbocycles. The third-order valence-electron chi connectivity index (χ3n) is 4.77. The molecule has 0 spiro atoms. The quantitative estimate of drug-likeness (QED) is 0.731. The number of aromatic nitrogens is 1. The Morgan fingerprint density at radius 1 is 1.26 bits per heavy atom. The molecule has 150 valence electrons. The van der Waals surface area contributed by atoms with Gasteiger partial charge in [0.25, 0.3) is 5.91 Å². The van der Waals surface area contributed by atoms with Crippen molar-refractivity contribution < 1.29 is 9.53 Å². The van der Waals surface area contributed by atoms with E-state index in [0.29, 0.717) is 18.8 Å². The first-order valence-electron chi connectivity index (χ1n) is 8.62. The molecule has 0 unspecified atom stereocenters. The molecule has 0 atom stereocenters. The van der Waals surface area contributed by atoms with Gasteiger partial charge in [-0.05, 0) is 32.9 Å². The average molecular weight is 432 g/mol. The van der Waals surface area contributed by atoms with Gasteiger partial charge in [0.05, 0.1) is 6.61 Å². The van der Waals surface area contributed by atoms with E-state index in [-0.39, 0.29) is 36.1 Å². The number of thiazole rings is 1. The van der Waals surface area contributed by atoms with Crippen LogP contribution >= 0.6 is 36.2 Å². The Kier molecular flexibility index (Phi) is 9.70. The SMILES string of the molecule is COCC1(CNC(=O)c2csc(-c3ccc(C)cc3)n2)CCNCC1.Cl.Cl. The number of aryl methyl sites for hydroxylation is 1. The maximum Gasteiger partial charge on any atom is 0.270 e. The highest BCUT2D eigenvalue weighted by Crippen LogP contribution is 2.29. The molecular weight excluding hydrogens is 405 g/mol. The van der Waals surface area contributed by atoms with Gasteiger partial charge in [0.2, 0.25) is 0 Å². The first-order valence-corrected chi connectivity index (χ1v) is 9.50. The van der Waals surface area contributed by atoms with Crippen LogP contribution < -0.4 is 10.6 Å². The maximum absolute atomic E-state index is 12.5. The van der Waals surface area contributed by atoms with Gasteiger partial charge in [0.15, 0.2) is 0 Å². The number of piperidine rings is 1. The molecule has 1 aromatic carbocycles. The summed E-state index contributed by atoms with van der Waals surface area (Å²) in [5, 5.41) is 9.13. The molecule has 3 rings (SSSR count). The normalized spacial score (nSPS) is 15.3. The zero-order valence-electron chi connectivity index (χ0n) is 15.6. The van der Waals surface area contributed by atoms with Gasteiger partial charge in [-0.1, -0.05) is 29.8 Å². The molecule has 1 amide bonds. The van der Waals surface area contributed by atoms with E-state index >= 15 is 0 Å². The smallest absolute Gasteiger partial charge is 0.270 e. The minimum absolute atomic E-state index is 0. The summed E-state index contributed by atoms with van der Waals surface area (Å²) in [6.45, 7) is 5.28. The third-order valence-corrected chi connectivity index (χ3v) is 5.67. The summed E-state index contributed by atoms with van der Waals surface area (Å²) < 4.78 is 5.40. The first-order chi connectivity index (χ1) is 12.1. The Hall–Kier alpha value is -1.18. The fourth-order valence-electron chi connectivity index (χ4n) is 3.20. The molecule has 2 heterocycles. The predicted octanol–water partition coefficient (Wildman–Crippen LogP) is 3.71. The van der Waals surface area contributed by atoms with Crippen LogP contribution in [0.4, 0.5) is 0 Å². The van der Waals surface area contributed by atoms with Crippen LogP contribution in [-0.2, 0) is 4.74 Å². The molecule has 1 aromatic heterocycles. The lowest BCUT2D eigenvalue weighted by molar-refractivity contribution is 0.0511. The second-order valence-corrected chi connectivity index (χ2v) is 7.63. The first kappa shape index (κ1) is 23.9. The van der Waals surface area contributed by atoms with Gasteiger partial charge in [0.1, 0.15) is 10.7 Å². The number of halogens is 2. The van der Waals surface area contributed by atoms with E-state index in [1.807, 2.05) is 17.5 Å². The standard InChI is InChI=1S/C19H25N3O2S.2ClH/c1-14-3-5-15(6-4-14)18-22-16(11-25-18)17(23)21-12-19(13-24-2)7-9-20-10-8-19;;/h3-6,11,20H,7-10,12-13H2,1-2H3,(H,21,23);2*1H. The molecular formula is C19H27Cl2N3O2S. The van der Waals surface area contributed by atoms with Crippen molar-refractivity contribution in [1.29, 1.82) is 0 Å². The number of carbonyl (C=O) groups is 1. The summed E-state index contributed by atoms with van der Waals surface area (Å²) >= 11 is 1.50. The molecule has 8 heteroatoms. The van der Waals surface area contributed by atoms with Gasteiger partial charge in [-0.2, -0.15) is 0 Å². The highest BCUT2D eigenvalue weighted by molar-refractivity contribution is 7.13. The number of nitrogens with zero attached hydrogens (tertiary/aromatic N) is 1. The molecule has 1 fully saturated rings. The van der Waals surface area contributed by atoms with E-state index in [4.69, 9.17) is 4.74 Å². The number of amides is 1. The van der Waals surface area contributed by atoms with E-state index in [9.17, 15) is 4.79 Å². The molecule has 1 aliphatic heterocycles. The van der Waals surface area contributed by atoms with Crippen LogP contribution in [0.3, 0.4) is 0 Å². The number of methoxy groups -OCH3 is 1. The van der Waals surface area contributed by atoms with E-state index < -0.39 is 0 Å². The zero-order valence-corrected chi connectivity index (χ0v) is 18.1. The molecule has 1 aliphatic rings. The topological polar surface area (TPSA) is 63.2 Å². The summed E-state index contributed by atoms with van der Waals surface area (Å²) in [4.78, 5) is 17.0. The summed E-state index contributed by atoms with van der Waals surface area (Å²) in [6.07, 6.45) is 2.01. The lowest BCUT2D eigenvalue weighted by Gasteiger charge is -2.37. The summed E-state index contributed by atoms with van der Waals surface area (Å²) in [5.41, 5.74) is 2.76. The van der Waals surface area contributed by atoms with Crippen LogP contribution in [-0.4, -0.2) is 44.2 Å². The van der Waals surface area contributed by atoms with E-state index in [1.165, 1.54) is 16.9 Å². The Labute approximate surface area is 177 Å². The van der Waals surface area contributed by atoms with Crippen LogP contribution in [0.2, 0.25) is 0 Å². The van der Waals surface area contributed by atoms with Crippen molar-refractivity contribution in [2.75, 3.05) is 33.4 Å². The second-order valence-electron chi connectivity index (χ2n) is 6.77. The van der Waals surface area contributed by atoms with Crippen LogP contribution in [0.15, 0.2) is 29.6 Å². The number of nitrogens with one attached hydrogen (secondary N) is 2. The van der Waals surface area contributed by atoms with Crippen molar-refractivity contribution in [1.82, 2.24) is 15.6 Å². The molecule has 27 heavy (non-hydrogen) atoms. The van der Waals surface area contributed by atoms with Crippen molar-refractivity contribution in [3.05, 3.63) is 40.9 Å². The Bertz CT molecular complexity index is 710. The van der Waals surface area contributed by atoms with Crippen molar-refractivity contribution in [3.63, 3.8) is 0 Å². The van der Waals surface area contributed by atoms with Gasteiger partial charge in [-0.15, -0.1) is 36.2 Å². The zero-order chi connectivity index (χ0) is 17.7. The minimum atomic E-state index is -0.108. The monoisotopic (exact) mass is 431 g/mol.